The fourth-order valence-corrected chi connectivity index (χ4v) is 3.97. The zero-order valence-electron chi connectivity index (χ0n) is 15.6. The fourth-order valence-electron chi connectivity index (χ4n) is 3.97. The minimum Gasteiger partial charge on any atom is -0.378 e. The lowest BCUT2D eigenvalue weighted by Gasteiger charge is -2.36. The average Bonchev–Trinajstić information content (AvgIpc) is 3.17. The molecule has 0 aromatic heterocycles. The van der Waals surface area contributed by atoms with Crippen molar-refractivity contribution in [2.24, 2.45) is 0 Å². The first-order chi connectivity index (χ1) is 12.6. The van der Waals surface area contributed by atoms with E-state index in [2.05, 4.69) is 17.1 Å². The number of hydrogen-bond donors (Lipinski definition) is 2. The normalized spacial score (nSPS) is 19.3. The molecular weight excluding hydrogens is 324 g/mol. The van der Waals surface area contributed by atoms with Gasteiger partial charge in [0.25, 0.3) is 0 Å². The molecule has 4 nitrogen and oxygen atoms in total. The maximum atomic E-state index is 12.9. The van der Waals surface area contributed by atoms with E-state index < -0.39 is 11.6 Å². The van der Waals surface area contributed by atoms with Gasteiger partial charge in [0.15, 0.2) is 0 Å². The van der Waals surface area contributed by atoms with Crippen molar-refractivity contribution in [3.05, 3.63) is 71.8 Å². The second-order valence-electron chi connectivity index (χ2n) is 7.02. The van der Waals surface area contributed by atoms with Gasteiger partial charge in [0.2, 0.25) is 5.91 Å². The number of hydrogen-bond acceptors (Lipinski definition) is 3. The minimum absolute atomic E-state index is 0.00198. The van der Waals surface area contributed by atoms with Crippen LogP contribution in [0.2, 0.25) is 0 Å². The van der Waals surface area contributed by atoms with E-state index in [4.69, 9.17) is 0 Å². The Kier molecular flexibility index (Phi) is 5.74. The van der Waals surface area contributed by atoms with Crippen molar-refractivity contribution in [3.63, 3.8) is 0 Å². The Morgan fingerprint density at radius 3 is 2.19 bits per heavy atom. The molecule has 1 amide bonds. The molecule has 1 fully saturated rings. The lowest BCUT2D eigenvalue weighted by atomic mass is 9.80. The zero-order chi connectivity index (χ0) is 18.6. The first-order valence-electron chi connectivity index (χ1n) is 9.45. The molecule has 138 valence electrons. The van der Waals surface area contributed by atoms with Gasteiger partial charge in [-0.05, 0) is 44.0 Å². The van der Waals surface area contributed by atoms with Crippen molar-refractivity contribution in [1.82, 2.24) is 10.2 Å². The Labute approximate surface area is 155 Å². The Hall–Kier alpha value is -2.17. The molecule has 3 rings (SSSR count). The van der Waals surface area contributed by atoms with Crippen LogP contribution in [0.5, 0.6) is 0 Å². The second-order valence-corrected chi connectivity index (χ2v) is 7.02. The van der Waals surface area contributed by atoms with Crippen LogP contribution in [0.1, 0.15) is 37.8 Å². The quantitative estimate of drug-likeness (QED) is 0.840. The number of nitrogens with zero attached hydrogens (tertiary/aromatic N) is 1. The number of carbonyl (C=O) groups excluding carboxylic acids is 1. The Morgan fingerprint density at radius 2 is 1.69 bits per heavy atom. The third-order valence-electron chi connectivity index (χ3n) is 5.49. The van der Waals surface area contributed by atoms with Crippen LogP contribution < -0.4 is 5.32 Å². The predicted molar refractivity (Wildman–Crippen MR) is 104 cm³/mol. The van der Waals surface area contributed by atoms with Crippen molar-refractivity contribution in [2.75, 3.05) is 13.1 Å². The second kappa shape index (κ2) is 8.02. The van der Waals surface area contributed by atoms with Gasteiger partial charge in [-0.25, -0.2) is 0 Å². The minimum atomic E-state index is -1.28. The summed E-state index contributed by atoms with van der Waals surface area (Å²) in [6, 6.07) is 18.6. The number of likely N-dealkylation sites (N-methyl/N-ethyl adjacent to an activating group) is 1. The molecule has 26 heavy (non-hydrogen) atoms. The van der Waals surface area contributed by atoms with Gasteiger partial charge < -0.3 is 10.4 Å². The molecule has 0 saturated carbocycles. The molecule has 2 aromatic carbocycles. The summed E-state index contributed by atoms with van der Waals surface area (Å²) in [5, 5.41) is 14.8. The van der Waals surface area contributed by atoms with Crippen LogP contribution in [-0.4, -0.2) is 41.1 Å². The van der Waals surface area contributed by atoms with Crippen LogP contribution in [-0.2, 0) is 10.4 Å². The molecular formula is C22H28N2O2. The van der Waals surface area contributed by atoms with Gasteiger partial charge in [0.05, 0.1) is 12.1 Å². The highest BCUT2D eigenvalue weighted by Gasteiger charge is 2.40. The summed E-state index contributed by atoms with van der Waals surface area (Å²) < 4.78 is 0. The van der Waals surface area contributed by atoms with Gasteiger partial charge in [-0.15, -0.1) is 0 Å². The van der Waals surface area contributed by atoms with E-state index in [-0.39, 0.29) is 11.9 Å². The maximum Gasteiger partial charge on any atom is 0.237 e. The van der Waals surface area contributed by atoms with E-state index in [9.17, 15) is 9.90 Å². The molecule has 2 N–H and O–H groups in total. The largest absolute Gasteiger partial charge is 0.378 e. The molecule has 0 spiro atoms. The third kappa shape index (κ3) is 3.53. The van der Waals surface area contributed by atoms with Crippen molar-refractivity contribution in [1.29, 1.82) is 0 Å². The Morgan fingerprint density at radius 1 is 1.15 bits per heavy atom. The number of amides is 1. The third-order valence-corrected chi connectivity index (χ3v) is 5.49. The van der Waals surface area contributed by atoms with Crippen LogP contribution in [0.25, 0.3) is 0 Å². The molecule has 1 aliphatic heterocycles. The highest BCUT2D eigenvalue weighted by atomic mass is 16.3. The molecule has 4 heteroatoms. The molecule has 0 bridgehead atoms. The monoisotopic (exact) mass is 352 g/mol. The van der Waals surface area contributed by atoms with Crippen LogP contribution in [0.15, 0.2) is 60.7 Å². The number of likely N-dealkylation sites (tertiary alicyclic amines) is 1. The summed E-state index contributed by atoms with van der Waals surface area (Å²) in [4.78, 5) is 15.1. The molecule has 2 aromatic rings. The summed E-state index contributed by atoms with van der Waals surface area (Å²) in [6.45, 7) is 5.79. The first-order valence-corrected chi connectivity index (χ1v) is 9.45. The van der Waals surface area contributed by atoms with Crippen LogP contribution in [0.3, 0.4) is 0 Å². The van der Waals surface area contributed by atoms with Crippen LogP contribution in [0.4, 0.5) is 0 Å². The lowest BCUT2D eigenvalue weighted by Crippen LogP contribution is -2.54. The van der Waals surface area contributed by atoms with Crippen molar-refractivity contribution in [2.45, 2.75) is 44.4 Å². The van der Waals surface area contributed by atoms with E-state index in [0.717, 1.165) is 37.1 Å². The summed E-state index contributed by atoms with van der Waals surface area (Å²) in [7, 11) is 0. The van der Waals surface area contributed by atoms with Crippen molar-refractivity contribution in [3.8, 4) is 0 Å². The van der Waals surface area contributed by atoms with Crippen molar-refractivity contribution >= 4 is 5.91 Å². The average molecular weight is 352 g/mol. The summed E-state index contributed by atoms with van der Waals surface area (Å²) >= 11 is 0. The molecule has 0 radical (unpaired) electrons. The SMILES string of the molecule is CCN1CCC[C@H]1C(=O)N[C@H](C)C(O)(c1ccccc1)c1ccccc1. The maximum absolute atomic E-state index is 12.9. The van der Waals surface area contributed by atoms with E-state index in [0.29, 0.717) is 0 Å². The van der Waals surface area contributed by atoms with Gasteiger partial charge in [-0.3, -0.25) is 9.69 Å². The number of rotatable bonds is 6. The van der Waals surface area contributed by atoms with E-state index >= 15 is 0 Å². The van der Waals surface area contributed by atoms with E-state index in [1.807, 2.05) is 67.6 Å². The number of nitrogens with one attached hydrogen (secondary N) is 1. The van der Waals surface area contributed by atoms with E-state index in [1.165, 1.54) is 0 Å². The fraction of sp³-hybridized carbons (Fsp3) is 0.409. The molecule has 1 heterocycles. The molecule has 0 unspecified atom stereocenters. The van der Waals surface area contributed by atoms with Crippen LogP contribution in [0, 0.1) is 0 Å². The summed E-state index contributed by atoms with van der Waals surface area (Å²) in [5.41, 5.74) is 0.268. The first kappa shape index (κ1) is 18.6. The lowest BCUT2D eigenvalue weighted by molar-refractivity contribution is -0.127. The highest BCUT2D eigenvalue weighted by molar-refractivity contribution is 5.82. The standard InChI is InChI=1S/C22H28N2O2/c1-3-24-16-10-15-20(24)21(25)23-17(2)22(26,18-11-6-4-7-12-18)19-13-8-5-9-14-19/h4-9,11-14,17,20,26H,3,10,15-16H2,1-2H3,(H,23,25)/t17-,20+/m1/s1. The Bertz CT molecular complexity index is 678. The molecule has 1 saturated heterocycles. The molecule has 0 aliphatic carbocycles. The topological polar surface area (TPSA) is 52.6 Å². The molecule has 2 atom stereocenters. The number of aliphatic hydroxyl groups is 1. The van der Waals surface area contributed by atoms with Gasteiger partial charge in [-0.2, -0.15) is 0 Å². The number of carbonyl (C=O) groups is 1. The van der Waals surface area contributed by atoms with Gasteiger partial charge in [0, 0.05) is 0 Å². The smallest absolute Gasteiger partial charge is 0.237 e. The summed E-state index contributed by atoms with van der Waals surface area (Å²) in [6.07, 6.45) is 1.92. The van der Waals surface area contributed by atoms with Gasteiger partial charge in [0.1, 0.15) is 5.60 Å². The van der Waals surface area contributed by atoms with Crippen LogP contribution >= 0.6 is 0 Å². The summed E-state index contributed by atoms with van der Waals surface area (Å²) in [5.74, 6) is 0.00198. The number of benzene rings is 2. The van der Waals surface area contributed by atoms with E-state index in [1.54, 1.807) is 0 Å². The predicted octanol–water partition coefficient (Wildman–Crippen LogP) is 2.91. The highest BCUT2D eigenvalue weighted by Crippen LogP contribution is 2.33. The molecule has 1 aliphatic rings. The zero-order valence-corrected chi connectivity index (χ0v) is 15.6. The van der Waals surface area contributed by atoms with Crippen molar-refractivity contribution < 1.29 is 9.90 Å². The Balaban J connectivity index is 1.89. The van der Waals surface area contributed by atoms with Gasteiger partial charge >= 0.3 is 0 Å². The van der Waals surface area contributed by atoms with Gasteiger partial charge in [-0.1, -0.05) is 67.6 Å².